The molecule has 1 aromatic rings. The van der Waals surface area contributed by atoms with Gasteiger partial charge in [0.05, 0.1) is 5.97 Å². The fourth-order valence-corrected chi connectivity index (χ4v) is 2.09. The van der Waals surface area contributed by atoms with Crippen LogP contribution in [0, 0.1) is 0 Å². The summed E-state index contributed by atoms with van der Waals surface area (Å²) in [4.78, 5) is 25.8. The van der Waals surface area contributed by atoms with Crippen LogP contribution in [0.25, 0.3) is 0 Å². The van der Waals surface area contributed by atoms with E-state index >= 15 is 0 Å². The molecule has 2 rings (SSSR count). The molecular formula is C13H15N2O3-. The fraction of sp³-hybridized carbons (Fsp3) is 0.385. The minimum absolute atomic E-state index is 0.0990. The smallest absolute Gasteiger partial charge is 0.219 e. The Labute approximate surface area is 106 Å². The maximum Gasteiger partial charge on any atom is 0.219 e. The van der Waals surface area contributed by atoms with Gasteiger partial charge in [0.25, 0.3) is 0 Å². The SMILES string of the molecule is CC(=O)N1CCN(c2ccc(C(=O)[O-])cc2)CC1. The van der Waals surface area contributed by atoms with Crippen LogP contribution >= 0.6 is 0 Å². The van der Waals surface area contributed by atoms with E-state index in [9.17, 15) is 14.7 Å². The maximum atomic E-state index is 11.2. The summed E-state index contributed by atoms with van der Waals surface area (Å²) < 4.78 is 0. The van der Waals surface area contributed by atoms with Gasteiger partial charge in [0.1, 0.15) is 0 Å². The molecule has 1 aromatic carbocycles. The van der Waals surface area contributed by atoms with E-state index in [1.807, 2.05) is 4.90 Å². The monoisotopic (exact) mass is 247 g/mol. The summed E-state index contributed by atoms with van der Waals surface area (Å²) in [6.45, 7) is 4.52. The van der Waals surface area contributed by atoms with Crippen LogP contribution < -0.4 is 10.0 Å². The van der Waals surface area contributed by atoms with Crippen LogP contribution in [-0.2, 0) is 4.79 Å². The molecule has 0 unspecified atom stereocenters. The zero-order chi connectivity index (χ0) is 13.1. The zero-order valence-electron chi connectivity index (χ0n) is 10.3. The summed E-state index contributed by atoms with van der Waals surface area (Å²) in [7, 11) is 0. The van der Waals surface area contributed by atoms with Crippen LogP contribution in [0.1, 0.15) is 17.3 Å². The Kier molecular flexibility index (Phi) is 3.50. The van der Waals surface area contributed by atoms with E-state index in [-0.39, 0.29) is 11.5 Å². The Morgan fingerprint density at radius 3 is 2.06 bits per heavy atom. The first-order valence-electron chi connectivity index (χ1n) is 5.90. The van der Waals surface area contributed by atoms with E-state index in [0.717, 1.165) is 18.8 Å². The van der Waals surface area contributed by atoms with Gasteiger partial charge in [-0.1, -0.05) is 12.1 Å². The third-order valence-electron chi connectivity index (χ3n) is 3.19. The Bertz CT molecular complexity index is 448. The van der Waals surface area contributed by atoms with Gasteiger partial charge >= 0.3 is 0 Å². The molecule has 1 aliphatic heterocycles. The van der Waals surface area contributed by atoms with Gasteiger partial charge in [0.2, 0.25) is 5.91 Å². The Balaban J connectivity index is 2.01. The van der Waals surface area contributed by atoms with E-state index in [1.165, 1.54) is 0 Å². The van der Waals surface area contributed by atoms with Gasteiger partial charge in [-0.2, -0.15) is 0 Å². The van der Waals surface area contributed by atoms with Gasteiger partial charge in [0, 0.05) is 38.8 Å². The lowest BCUT2D eigenvalue weighted by atomic mass is 10.2. The highest BCUT2D eigenvalue weighted by molar-refractivity contribution is 5.86. The number of carboxylic acid groups (broad SMARTS) is 1. The second kappa shape index (κ2) is 5.08. The average molecular weight is 247 g/mol. The van der Waals surface area contributed by atoms with Gasteiger partial charge in [-0.25, -0.2) is 0 Å². The van der Waals surface area contributed by atoms with Crippen LogP contribution in [-0.4, -0.2) is 43.0 Å². The third kappa shape index (κ3) is 2.61. The standard InChI is InChI=1S/C13H16N2O3/c1-10(16)14-6-8-15(9-7-14)12-4-2-11(3-5-12)13(17)18/h2-5H,6-9H2,1H3,(H,17,18)/p-1. The summed E-state index contributed by atoms with van der Waals surface area (Å²) in [5.41, 5.74) is 1.16. The van der Waals surface area contributed by atoms with Crippen LogP contribution in [0.5, 0.6) is 0 Å². The van der Waals surface area contributed by atoms with Crippen molar-refractivity contribution < 1.29 is 14.7 Å². The zero-order valence-corrected chi connectivity index (χ0v) is 10.3. The number of rotatable bonds is 2. The summed E-state index contributed by atoms with van der Waals surface area (Å²) in [6.07, 6.45) is 0. The lowest BCUT2D eigenvalue weighted by Crippen LogP contribution is -2.48. The topological polar surface area (TPSA) is 63.7 Å². The first-order chi connectivity index (χ1) is 8.58. The quantitative estimate of drug-likeness (QED) is 0.721. The second-order valence-electron chi connectivity index (χ2n) is 4.33. The van der Waals surface area contributed by atoms with E-state index in [1.54, 1.807) is 31.2 Å². The number of anilines is 1. The lowest BCUT2D eigenvalue weighted by Gasteiger charge is -2.35. The first-order valence-corrected chi connectivity index (χ1v) is 5.90. The third-order valence-corrected chi connectivity index (χ3v) is 3.19. The molecule has 5 heteroatoms. The van der Waals surface area contributed by atoms with Crippen molar-refractivity contribution in [1.82, 2.24) is 4.90 Å². The largest absolute Gasteiger partial charge is 0.545 e. The number of hydrogen-bond donors (Lipinski definition) is 0. The molecule has 1 fully saturated rings. The van der Waals surface area contributed by atoms with Gasteiger partial charge in [0.15, 0.2) is 0 Å². The molecule has 5 nitrogen and oxygen atoms in total. The number of piperazine rings is 1. The Morgan fingerprint density at radius 1 is 1.06 bits per heavy atom. The molecule has 0 aromatic heterocycles. The molecule has 0 bridgehead atoms. The summed E-state index contributed by atoms with van der Waals surface area (Å²) in [5.74, 6) is -1.06. The maximum absolute atomic E-state index is 11.2. The molecule has 18 heavy (non-hydrogen) atoms. The number of nitrogens with zero attached hydrogens (tertiary/aromatic N) is 2. The van der Waals surface area contributed by atoms with Crippen molar-refractivity contribution in [2.24, 2.45) is 0 Å². The molecule has 0 aliphatic carbocycles. The predicted octanol–water partition coefficient (Wildman–Crippen LogP) is -0.281. The number of carbonyl (C=O) groups is 2. The van der Waals surface area contributed by atoms with E-state index in [0.29, 0.717) is 13.1 Å². The Hall–Kier alpha value is -2.04. The fourth-order valence-electron chi connectivity index (χ4n) is 2.09. The van der Waals surface area contributed by atoms with Crippen molar-refractivity contribution >= 4 is 17.6 Å². The molecule has 1 amide bonds. The van der Waals surface area contributed by atoms with Crippen LogP contribution in [0.15, 0.2) is 24.3 Å². The van der Waals surface area contributed by atoms with E-state index in [4.69, 9.17) is 0 Å². The summed E-state index contributed by atoms with van der Waals surface area (Å²) in [5, 5.41) is 10.6. The molecule has 96 valence electrons. The predicted molar refractivity (Wildman–Crippen MR) is 65.2 cm³/mol. The van der Waals surface area contributed by atoms with Crippen molar-refractivity contribution in [3.05, 3.63) is 29.8 Å². The van der Waals surface area contributed by atoms with Crippen LogP contribution in [0.2, 0.25) is 0 Å². The Morgan fingerprint density at radius 2 is 1.61 bits per heavy atom. The molecule has 0 N–H and O–H groups in total. The van der Waals surface area contributed by atoms with Crippen molar-refractivity contribution in [3.8, 4) is 0 Å². The normalized spacial score (nSPS) is 15.6. The van der Waals surface area contributed by atoms with Gasteiger partial charge < -0.3 is 19.7 Å². The average Bonchev–Trinajstić information content (AvgIpc) is 2.39. The summed E-state index contributed by atoms with van der Waals surface area (Å²) >= 11 is 0. The van der Waals surface area contributed by atoms with Crippen molar-refractivity contribution in [3.63, 3.8) is 0 Å². The number of carbonyl (C=O) groups excluding carboxylic acids is 2. The van der Waals surface area contributed by atoms with Crippen molar-refractivity contribution in [2.45, 2.75) is 6.92 Å². The van der Waals surface area contributed by atoms with Crippen LogP contribution in [0.3, 0.4) is 0 Å². The number of aromatic carboxylic acids is 1. The van der Waals surface area contributed by atoms with Crippen molar-refractivity contribution in [1.29, 1.82) is 0 Å². The summed E-state index contributed by atoms with van der Waals surface area (Å²) in [6, 6.07) is 6.63. The molecule has 1 saturated heterocycles. The van der Waals surface area contributed by atoms with Gasteiger partial charge in [-0.15, -0.1) is 0 Å². The highest BCUT2D eigenvalue weighted by atomic mass is 16.4. The number of carboxylic acids is 1. The van der Waals surface area contributed by atoms with Gasteiger partial charge in [-0.3, -0.25) is 4.79 Å². The molecular weight excluding hydrogens is 232 g/mol. The molecule has 0 atom stereocenters. The minimum atomic E-state index is -1.16. The molecule has 1 heterocycles. The van der Waals surface area contributed by atoms with E-state index < -0.39 is 5.97 Å². The minimum Gasteiger partial charge on any atom is -0.545 e. The van der Waals surface area contributed by atoms with Gasteiger partial charge in [-0.05, 0) is 17.7 Å². The van der Waals surface area contributed by atoms with E-state index in [2.05, 4.69) is 4.90 Å². The van der Waals surface area contributed by atoms with Crippen LogP contribution in [0.4, 0.5) is 5.69 Å². The molecule has 1 aliphatic rings. The number of amides is 1. The highest BCUT2D eigenvalue weighted by Gasteiger charge is 2.18. The molecule has 0 saturated carbocycles. The van der Waals surface area contributed by atoms with Crippen molar-refractivity contribution in [2.75, 3.05) is 31.1 Å². The highest BCUT2D eigenvalue weighted by Crippen LogP contribution is 2.17. The molecule has 0 radical (unpaired) electrons. The second-order valence-corrected chi connectivity index (χ2v) is 4.33. The first kappa shape index (κ1) is 12.4. The lowest BCUT2D eigenvalue weighted by molar-refractivity contribution is -0.255. The number of benzene rings is 1. The number of hydrogen-bond acceptors (Lipinski definition) is 4. The molecule has 0 spiro atoms.